The van der Waals surface area contributed by atoms with Gasteiger partial charge in [0.1, 0.15) is 0 Å². The summed E-state index contributed by atoms with van der Waals surface area (Å²) in [7, 11) is 0. The molecule has 3 rings (SSSR count). The van der Waals surface area contributed by atoms with Gasteiger partial charge in [0.2, 0.25) is 0 Å². The van der Waals surface area contributed by atoms with Crippen LogP contribution in [-0.2, 0) is 13.1 Å². The SMILES string of the molecule is CCCCCN(Cc1cccn1Cc1cccc(C)c1)C(=O)c1cccc(Cl)c1. The van der Waals surface area contributed by atoms with E-state index < -0.39 is 0 Å². The van der Waals surface area contributed by atoms with Crippen molar-refractivity contribution in [2.45, 2.75) is 46.2 Å². The number of hydrogen-bond acceptors (Lipinski definition) is 1. The highest BCUT2D eigenvalue weighted by Gasteiger charge is 2.18. The summed E-state index contributed by atoms with van der Waals surface area (Å²) in [6.07, 6.45) is 5.33. The second kappa shape index (κ2) is 10.3. The zero-order valence-corrected chi connectivity index (χ0v) is 18.0. The summed E-state index contributed by atoms with van der Waals surface area (Å²) >= 11 is 6.12. The zero-order chi connectivity index (χ0) is 20.6. The number of nitrogens with zero attached hydrogens (tertiary/aromatic N) is 2. The highest BCUT2D eigenvalue weighted by molar-refractivity contribution is 6.30. The third-order valence-corrected chi connectivity index (χ3v) is 5.34. The van der Waals surface area contributed by atoms with Gasteiger partial charge in [-0.05, 0) is 49.2 Å². The molecule has 0 N–H and O–H groups in total. The molecule has 1 heterocycles. The number of halogens is 1. The van der Waals surface area contributed by atoms with E-state index in [1.807, 2.05) is 17.0 Å². The fraction of sp³-hybridized carbons (Fsp3) is 0.320. The molecule has 0 saturated heterocycles. The molecule has 2 aromatic carbocycles. The van der Waals surface area contributed by atoms with Crippen molar-refractivity contribution in [2.75, 3.05) is 6.54 Å². The van der Waals surface area contributed by atoms with E-state index in [2.05, 4.69) is 61.0 Å². The third kappa shape index (κ3) is 5.98. The van der Waals surface area contributed by atoms with E-state index in [1.165, 1.54) is 11.1 Å². The predicted molar refractivity (Wildman–Crippen MR) is 120 cm³/mol. The van der Waals surface area contributed by atoms with Gasteiger partial charge in [-0.1, -0.05) is 67.3 Å². The molecule has 0 bridgehead atoms. The lowest BCUT2D eigenvalue weighted by molar-refractivity contribution is 0.0736. The maximum absolute atomic E-state index is 13.2. The molecule has 0 aliphatic carbocycles. The van der Waals surface area contributed by atoms with E-state index in [4.69, 9.17) is 11.6 Å². The third-order valence-electron chi connectivity index (χ3n) is 5.10. The molecule has 0 fully saturated rings. The van der Waals surface area contributed by atoms with Gasteiger partial charge in [-0.15, -0.1) is 0 Å². The van der Waals surface area contributed by atoms with Gasteiger partial charge in [0, 0.05) is 35.6 Å². The molecular weight excluding hydrogens is 380 g/mol. The summed E-state index contributed by atoms with van der Waals surface area (Å²) in [4.78, 5) is 15.1. The van der Waals surface area contributed by atoms with E-state index in [0.29, 0.717) is 17.1 Å². The Hall–Kier alpha value is -2.52. The fourth-order valence-electron chi connectivity index (χ4n) is 3.56. The quantitative estimate of drug-likeness (QED) is 0.379. The molecule has 0 aliphatic heterocycles. The summed E-state index contributed by atoms with van der Waals surface area (Å²) in [5, 5.41) is 0.590. The van der Waals surface area contributed by atoms with Crippen LogP contribution in [0.25, 0.3) is 0 Å². The number of rotatable bonds is 9. The molecule has 0 aliphatic rings. The van der Waals surface area contributed by atoms with Crippen LogP contribution in [0.15, 0.2) is 66.9 Å². The summed E-state index contributed by atoms with van der Waals surface area (Å²) < 4.78 is 2.23. The van der Waals surface area contributed by atoms with E-state index >= 15 is 0 Å². The minimum absolute atomic E-state index is 0.0342. The number of aryl methyl sites for hydroxylation is 1. The monoisotopic (exact) mass is 408 g/mol. The van der Waals surface area contributed by atoms with Gasteiger partial charge in [-0.25, -0.2) is 0 Å². The molecule has 0 unspecified atom stereocenters. The van der Waals surface area contributed by atoms with Crippen LogP contribution in [0.5, 0.6) is 0 Å². The average Bonchev–Trinajstić information content (AvgIpc) is 3.13. The maximum Gasteiger partial charge on any atom is 0.254 e. The van der Waals surface area contributed by atoms with Crippen LogP contribution >= 0.6 is 11.6 Å². The van der Waals surface area contributed by atoms with Crippen LogP contribution < -0.4 is 0 Å². The van der Waals surface area contributed by atoms with E-state index in [-0.39, 0.29) is 5.91 Å². The number of amides is 1. The molecule has 0 saturated carbocycles. The molecule has 152 valence electrons. The van der Waals surface area contributed by atoms with Crippen LogP contribution in [-0.4, -0.2) is 21.9 Å². The molecule has 3 nitrogen and oxygen atoms in total. The average molecular weight is 409 g/mol. The molecule has 1 amide bonds. The van der Waals surface area contributed by atoms with Gasteiger partial charge in [0.25, 0.3) is 5.91 Å². The molecule has 0 spiro atoms. The largest absolute Gasteiger partial charge is 0.345 e. The smallest absolute Gasteiger partial charge is 0.254 e. The summed E-state index contributed by atoms with van der Waals surface area (Å²) in [5.74, 6) is 0.0342. The first-order valence-electron chi connectivity index (χ1n) is 10.3. The normalized spacial score (nSPS) is 10.9. The molecular formula is C25H29ClN2O. The first kappa shape index (κ1) is 21.2. The van der Waals surface area contributed by atoms with E-state index in [9.17, 15) is 4.79 Å². The van der Waals surface area contributed by atoms with Gasteiger partial charge in [-0.2, -0.15) is 0 Å². The molecule has 0 atom stereocenters. The van der Waals surface area contributed by atoms with E-state index in [0.717, 1.165) is 38.0 Å². The van der Waals surface area contributed by atoms with Crippen molar-refractivity contribution < 1.29 is 4.79 Å². The Balaban J connectivity index is 1.79. The van der Waals surface area contributed by atoms with Gasteiger partial charge < -0.3 is 9.47 Å². The van der Waals surface area contributed by atoms with Crippen molar-refractivity contribution in [1.29, 1.82) is 0 Å². The van der Waals surface area contributed by atoms with Crippen molar-refractivity contribution in [3.05, 3.63) is 94.3 Å². The first-order valence-corrected chi connectivity index (χ1v) is 10.7. The number of aromatic nitrogens is 1. The van der Waals surface area contributed by atoms with Crippen LogP contribution in [0.4, 0.5) is 0 Å². The summed E-state index contributed by atoms with van der Waals surface area (Å²) in [5.41, 5.74) is 4.30. The lowest BCUT2D eigenvalue weighted by Crippen LogP contribution is -2.32. The van der Waals surface area contributed by atoms with Crippen LogP contribution in [0.1, 0.15) is 53.4 Å². The Morgan fingerprint density at radius 3 is 2.62 bits per heavy atom. The molecule has 4 heteroatoms. The topological polar surface area (TPSA) is 25.2 Å². The first-order chi connectivity index (χ1) is 14.1. The zero-order valence-electron chi connectivity index (χ0n) is 17.3. The van der Waals surface area contributed by atoms with Crippen LogP contribution in [0.2, 0.25) is 5.02 Å². The Labute approximate surface area is 178 Å². The Morgan fingerprint density at radius 1 is 1.03 bits per heavy atom. The van der Waals surface area contributed by atoms with Gasteiger partial charge in [-0.3, -0.25) is 4.79 Å². The van der Waals surface area contributed by atoms with Crippen LogP contribution in [0.3, 0.4) is 0 Å². The molecule has 3 aromatic rings. The number of hydrogen-bond donors (Lipinski definition) is 0. The highest BCUT2D eigenvalue weighted by atomic mass is 35.5. The minimum Gasteiger partial charge on any atom is -0.345 e. The summed E-state index contributed by atoms with van der Waals surface area (Å²) in [6, 6.07) is 19.9. The van der Waals surface area contributed by atoms with Crippen molar-refractivity contribution in [3.8, 4) is 0 Å². The maximum atomic E-state index is 13.2. The number of carbonyl (C=O) groups excluding carboxylic acids is 1. The van der Waals surface area contributed by atoms with Crippen LogP contribution in [0, 0.1) is 6.92 Å². The standard InChI is InChI=1S/C25H29ClN2O/c1-3-4-5-14-28(25(29)22-11-7-12-23(26)17-22)19-24-13-8-15-27(24)18-21-10-6-9-20(2)16-21/h6-13,15-17H,3-5,14,18-19H2,1-2H3. The molecule has 1 aromatic heterocycles. The number of unbranched alkanes of at least 4 members (excludes halogenated alkanes) is 2. The second-order valence-corrected chi connectivity index (χ2v) is 8.00. The van der Waals surface area contributed by atoms with Crippen molar-refractivity contribution in [2.24, 2.45) is 0 Å². The predicted octanol–water partition coefficient (Wildman–Crippen LogP) is 6.33. The second-order valence-electron chi connectivity index (χ2n) is 7.56. The fourth-order valence-corrected chi connectivity index (χ4v) is 3.75. The number of carbonyl (C=O) groups is 1. The van der Waals surface area contributed by atoms with Gasteiger partial charge in [0.15, 0.2) is 0 Å². The molecule has 0 radical (unpaired) electrons. The highest BCUT2D eigenvalue weighted by Crippen LogP contribution is 2.17. The van der Waals surface area contributed by atoms with Crippen molar-refractivity contribution in [1.82, 2.24) is 9.47 Å². The van der Waals surface area contributed by atoms with E-state index in [1.54, 1.807) is 12.1 Å². The Kier molecular flexibility index (Phi) is 7.54. The Bertz CT molecular complexity index is 947. The van der Waals surface area contributed by atoms with Gasteiger partial charge in [0.05, 0.1) is 6.54 Å². The van der Waals surface area contributed by atoms with Crippen molar-refractivity contribution >= 4 is 17.5 Å². The number of benzene rings is 2. The molecule has 29 heavy (non-hydrogen) atoms. The minimum atomic E-state index is 0.0342. The van der Waals surface area contributed by atoms with Gasteiger partial charge >= 0.3 is 0 Å². The van der Waals surface area contributed by atoms with Crippen molar-refractivity contribution in [3.63, 3.8) is 0 Å². The lowest BCUT2D eigenvalue weighted by atomic mass is 10.1. The Morgan fingerprint density at radius 2 is 1.86 bits per heavy atom. The lowest BCUT2D eigenvalue weighted by Gasteiger charge is -2.24. The summed E-state index contributed by atoms with van der Waals surface area (Å²) in [6.45, 7) is 6.43.